The minimum absolute atomic E-state index is 0.0479. The van der Waals surface area contributed by atoms with Gasteiger partial charge in [0.1, 0.15) is 0 Å². The molecule has 1 atom stereocenters. The van der Waals surface area contributed by atoms with Crippen LogP contribution in [-0.2, 0) is 5.60 Å². The zero-order valence-electron chi connectivity index (χ0n) is 14.3. The number of alkyl halides is 3. The van der Waals surface area contributed by atoms with Gasteiger partial charge in [0.2, 0.25) is 0 Å². The SMILES string of the molecule is CC(=O)c1ccc(C(=O)CC(O)(c2cc(Cl)cc(Cl)c2)C(F)(F)F)cc1C. The Hall–Kier alpha value is -1.89. The van der Waals surface area contributed by atoms with Crippen LogP contribution < -0.4 is 0 Å². The van der Waals surface area contributed by atoms with Crippen LogP contribution in [0.5, 0.6) is 0 Å². The number of hydrogen-bond donors (Lipinski definition) is 1. The number of aliphatic hydroxyl groups is 1. The summed E-state index contributed by atoms with van der Waals surface area (Å²) >= 11 is 11.5. The van der Waals surface area contributed by atoms with Gasteiger partial charge in [-0.1, -0.05) is 35.3 Å². The number of Topliss-reactive ketones (excluding diaryl/α,β-unsaturated/α-hetero) is 2. The number of ketones is 2. The standard InChI is InChI=1S/C19H15Cl2F3O3/c1-10-5-12(3-4-16(10)11(2)25)17(26)9-18(27,19(22,23)24)13-6-14(20)8-15(21)7-13/h3-8,27H,9H2,1-2H3. The Morgan fingerprint density at radius 1 is 1.04 bits per heavy atom. The minimum atomic E-state index is -5.15. The van der Waals surface area contributed by atoms with Crippen LogP contribution in [0.1, 0.15) is 45.2 Å². The summed E-state index contributed by atoms with van der Waals surface area (Å²) in [6, 6.07) is 6.99. The zero-order valence-corrected chi connectivity index (χ0v) is 15.8. The number of rotatable bonds is 5. The van der Waals surface area contributed by atoms with Gasteiger partial charge in [0.15, 0.2) is 17.2 Å². The van der Waals surface area contributed by atoms with Crippen molar-refractivity contribution in [3.8, 4) is 0 Å². The van der Waals surface area contributed by atoms with Crippen molar-refractivity contribution in [1.29, 1.82) is 0 Å². The van der Waals surface area contributed by atoms with Crippen LogP contribution in [0.3, 0.4) is 0 Å². The third-order valence-corrected chi connectivity index (χ3v) is 4.59. The molecule has 8 heteroatoms. The molecule has 0 radical (unpaired) electrons. The van der Waals surface area contributed by atoms with Crippen molar-refractivity contribution in [2.45, 2.75) is 32.0 Å². The average molecular weight is 419 g/mol. The average Bonchev–Trinajstić information content (AvgIpc) is 2.52. The van der Waals surface area contributed by atoms with Crippen LogP contribution >= 0.6 is 23.2 Å². The second kappa shape index (κ2) is 7.62. The lowest BCUT2D eigenvalue weighted by Crippen LogP contribution is -2.44. The Bertz CT molecular complexity index is 889. The summed E-state index contributed by atoms with van der Waals surface area (Å²) in [7, 11) is 0. The molecular weight excluding hydrogens is 404 g/mol. The monoisotopic (exact) mass is 418 g/mol. The van der Waals surface area contributed by atoms with Crippen molar-refractivity contribution in [2.75, 3.05) is 0 Å². The largest absolute Gasteiger partial charge is 0.421 e. The van der Waals surface area contributed by atoms with E-state index in [9.17, 15) is 27.9 Å². The lowest BCUT2D eigenvalue weighted by molar-refractivity contribution is -0.264. The van der Waals surface area contributed by atoms with Crippen molar-refractivity contribution in [3.63, 3.8) is 0 Å². The minimum Gasteiger partial charge on any atom is -0.376 e. The molecule has 0 bridgehead atoms. The summed E-state index contributed by atoms with van der Waals surface area (Å²) in [4.78, 5) is 23.9. The fraction of sp³-hybridized carbons (Fsp3) is 0.263. The zero-order chi connectivity index (χ0) is 20.6. The van der Waals surface area contributed by atoms with Gasteiger partial charge in [0.05, 0.1) is 6.42 Å². The van der Waals surface area contributed by atoms with Gasteiger partial charge in [-0.25, -0.2) is 0 Å². The molecule has 27 heavy (non-hydrogen) atoms. The predicted octanol–water partition coefficient (Wildman–Crippen LogP) is 5.53. The molecule has 0 aliphatic rings. The third kappa shape index (κ3) is 4.51. The third-order valence-electron chi connectivity index (χ3n) is 4.15. The molecule has 2 aromatic carbocycles. The molecule has 0 aromatic heterocycles. The van der Waals surface area contributed by atoms with Gasteiger partial charge < -0.3 is 5.11 Å². The van der Waals surface area contributed by atoms with E-state index in [2.05, 4.69) is 0 Å². The predicted molar refractivity (Wildman–Crippen MR) is 96.5 cm³/mol. The Balaban J connectivity index is 2.46. The molecule has 0 aliphatic heterocycles. The maximum atomic E-state index is 13.6. The highest BCUT2D eigenvalue weighted by atomic mass is 35.5. The first kappa shape index (κ1) is 21.4. The normalized spacial score (nSPS) is 13.9. The van der Waals surface area contributed by atoms with Crippen LogP contribution in [0.15, 0.2) is 36.4 Å². The van der Waals surface area contributed by atoms with E-state index in [-0.39, 0.29) is 21.4 Å². The topological polar surface area (TPSA) is 54.4 Å². The first-order chi connectivity index (χ1) is 12.3. The molecule has 2 aromatic rings. The smallest absolute Gasteiger partial charge is 0.376 e. The molecule has 144 valence electrons. The van der Waals surface area contributed by atoms with E-state index < -0.39 is 29.5 Å². The summed E-state index contributed by atoms with van der Waals surface area (Å²) in [6.07, 6.45) is -6.41. The van der Waals surface area contributed by atoms with Gasteiger partial charge >= 0.3 is 6.18 Å². The van der Waals surface area contributed by atoms with Gasteiger partial charge in [-0.05, 0) is 49.2 Å². The van der Waals surface area contributed by atoms with Gasteiger partial charge in [0, 0.05) is 21.2 Å². The van der Waals surface area contributed by atoms with E-state index in [0.717, 1.165) is 12.1 Å². The summed E-state index contributed by atoms with van der Waals surface area (Å²) in [5, 5.41) is 10.2. The number of benzene rings is 2. The molecule has 2 rings (SSSR count). The van der Waals surface area contributed by atoms with Crippen LogP contribution in [0.25, 0.3) is 0 Å². The number of carbonyl (C=O) groups excluding carboxylic acids is 2. The second-order valence-corrected chi connectivity index (χ2v) is 7.07. The summed E-state index contributed by atoms with van der Waals surface area (Å²) in [5.41, 5.74) is -3.33. The van der Waals surface area contributed by atoms with Crippen molar-refractivity contribution in [3.05, 3.63) is 68.7 Å². The highest BCUT2D eigenvalue weighted by molar-refractivity contribution is 6.34. The van der Waals surface area contributed by atoms with Gasteiger partial charge in [-0.3, -0.25) is 9.59 Å². The first-order valence-electron chi connectivity index (χ1n) is 7.75. The maximum Gasteiger partial charge on any atom is 0.421 e. The summed E-state index contributed by atoms with van der Waals surface area (Å²) < 4.78 is 40.9. The van der Waals surface area contributed by atoms with Crippen molar-refractivity contribution >= 4 is 34.8 Å². The molecule has 0 spiro atoms. The molecule has 0 heterocycles. The molecule has 0 aliphatic carbocycles. The number of aryl methyl sites for hydroxylation is 1. The lowest BCUT2D eigenvalue weighted by atomic mass is 9.85. The van der Waals surface area contributed by atoms with Gasteiger partial charge in [-0.15, -0.1) is 0 Å². The molecule has 0 saturated carbocycles. The lowest BCUT2D eigenvalue weighted by Gasteiger charge is -2.30. The Labute approximate surface area is 163 Å². The van der Waals surface area contributed by atoms with Crippen molar-refractivity contribution in [2.24, 2.45) is 0 Å². The fourth-order valence-electron chi connectivity index (χ4n) is 2.73. The number of halogens is 5. The van der Waals surface area contributed by atoms with Gasteiger partial charge in [-0.2, -0.15) is 13.2 Å². The van der Waals surface area contributed by atoms with Gasteiger partial charge in [0.25, 0.3) is 0 Å². The van der Waals surface area contributed by atoms with Crippen molar-refractivity contribution in [1.82, 2.24) is 0 Å². The molecule has 1 N–H and O–H groups in total. The van der Waals surface area contributed by atoms with E-state index in [1.165, 1.54) is 31.2 Å². The molecule has 0 amide bonds. The van der Waals surface area contributed by atoms with Crippen molar-refractivity contribution < 1.29 is 27.9 Å². The maximum absolute atomic E-state index is 13.6. The quantitative estimate of drug-likeness (QED) is 0.649. The van der Waals surface area contributed by atoms with Crippen LogP contribution in [0.4, 0.5) is 13.2 Å². The molecule has 0 saturated heterocycles. The molecule has 0 fully saturated rings. The van der Waals surface area contributed by atoms with Crippen LogP contribution in [0.2, 0.25) is 10.0 Å². The molecule has 3 nitrogen and oxygen atoms in total. The molecule has 1 unspecified atom stereocenters. The molecular formula is C19H15Cl2F3O3. The Morgan fingerprint density at radius 2 is 1.59 bits per heavy atom. The number of carbonyl (C=O) groups is 2. The van der Waals surface area contributed by atoms with Crippen LogP contribution in [0, 0.1) is 6.92 Å². The van der Waals surface area contributed by atoms with E-state index in [0.29, 0.717) is 11.1 Å². The summed E-state index contributed by atoms with van der Waals surface area (Å²) in [5.74, 6) is -1.17. The number of hydrogen-bond acceptors (Lipinski definition) is 3. The van der Waals surface area contributed by atoms with E-state index >= 15 is 0 Å². The van der Waals surface area contributed by atoms with E-state index in [1.54, 1.807) is 6.92 Å². The second-order valence-electron chi connectivity index (χ2n) is 6.20. The summed E-state index contributed by atoms with van der Waals surface area (Å²) in [6.45, 7) is 2.91. The van der Waals surface area contributed by atoms with E-state index in [1.807, 2.05) is 0 Å². The van der Waals surface area contributed by atoms with E-state index in [4.69, 9.17) is 23.2 Å². The Morgan fingerprint density at radius 3 is 2.04 bits per heavy atom. The highest BCUT2D eigenvalue weighted by Crippen LogP contribution is 2.43. The fourth-order valence-corrected chi connectivity index (χ4v) is 3.25. The van der Waals surface area contributed by atoms with Crippen LogP contribution in [-0.4, -0.2) is 22.8 Å². The highest BCUT2D eigenvalue weighted by Gasteiger charge is 2.56. The first-order valence-corrected chi connectivity index (χ1v) is 8.51. The Kier molecular flexibility index (Phi) is 6.04.